The largest absolute Gasteiger partial charge is 0.506 e. The van der Waals surface area contributed by atoms with Gasteiger partial charge in [0.2, 0.25) is 0 Å². The van der Waals surface area contributed by atoms with Crippen LogP contribution in [-0.2, 0) is 0 Å². The second-order valence-corrected chi connectivity index (χ2v) is 3.22. The Morgan fingerprint density at radius 2 is 1.73 bits per heavy atom. The van der Waals surface area contributed by atoms with Gasteiger partial charge in [0.1, 0.15) is 17.5 Å². The molecule has 1 atom stereocenters. The minimum Gasteiger partial charge on any atom is -0.506 e. The Morgan fingerprint density at radius 3 is 2.40 bits per heavy atom. The Morgan fingerprint density at radius 1 is 1.00 bits per heavy atom. The zero-order chi connectivity index (χ0) is 10.7. The first-order chi connectivity index (χ1) is 7.29. The first-order valence-electron chi connectivity index (χ1n) is 4.66. The molecular formula is C12H11NO2. The van der Waals surface area contributed by atoms with E-state index in [1.54, 1.807) is 24.4 Å². The van der Waals surface area contributed by atoms with E-state index in [1.165, 1.54) is 6.07 Å². The molecule has 0 fully saturated rings. The van der Waals surface area contributed by atoms with E-state index in [4.69, 9.17) is 0 Å². The van der Waals surface area contributed by atoms with Crippen LogP contribution in [0.3, 0.4) is 0 Å². The summed E-state index contributed by atoms with van der Waals surface area (Å²) < 4.78 is 0. The number of hydrogen-bond acceptors (Lipinski definition) is 3. The molecule has 0 saturated heterocycles. The van der Waals surface area contributed by atoms with Crippen molar-refractivity contribution in [2.75, 3.05) is 0 Å². The molecule has 1 aromatic heterocycles. The maximum absolute atomic E-state index is 9.95. The van der Waals surface area contributed by atoms with Crippen molar-refractivity contribution in [3.8, 4) is 5.75 Å². The van der Waals surface area contributed by atoms with Gasteiger partial charge >= 0.3 is 0 Å². The highest BCUT2D eigenvalue weighted by molar-refractivity contribution is 5.33. The van der Waals surface area contributed by atoms with Crippen LogP contribution in [-0.4, -0.2) is 15.2 Å². The molecule has 1 heterocycles. The Balaban J connectivity index is 2.37. The topological polar surface area (TPSA) is 53.4 Å². The van der Waals surface area contributed by atoms with Crippen molar-refractivity contribution in [2.45, 2.75) is 6.10 Å². The maximum atomic E-state index is 9.95. The number of aromatic nitrogens is 1. The molecule has 0 aliphatic heterocycles. The van der Waals surface area contributed by atoms with Crippen molar-refractivity contribution >= 4 is 0 Å². The Labute approximate surface area is 87.7 Å². The minimum absolute atomic E-state index is 0.00820. The van der Waals surface area contributed by atoms with Crippen molar-refractivity contribution in [1.82, 2.24) is 4.98 Å². The van der Waals surface area contributed by atoms with Crippen LogP contribution in [0.2, 0.25) is 0 Å². The van der Waals surface area contributed by atoms with Crippen LogP contribution in [0.5, 0.6) is 5.75 Å². The van der Waals surface area contributed by atoms with E-state index in [1.807, 2.05) is 18.2 Å². The van der Waals surface area contributed by atoms with E-state index in [2.05, 4.69) is 4.98 Å². The smallest absolute Gasteiger partial charge is 0.140 e. The number of hydrogen-bond donors (Lipinski definition) is 2. The molecule has 15 heavy (non-hydrogen) atoms. The van der Waals surface area contributed by atoms with Crippen molar-refractivity contribution in [3.63, 3.8) is 0 Å². The molecule has 2 aromatic rings. The Kier molecular flexibility index (Phi) is 2.65. The lowest BCUT2D eigenvalue weighted by molar-refractivity contribution is 0.210. The van der Waals surface area contributed by atoms with E-state index in [-0.39, 0.29) is 11.4 Å². The average Bonchev–Trinajstić information content (AvgIpc) is 2.30. The maximum Gasteiger partial charge on any atom is 0.140 e. The molecule has 0 bridgehead atoms. The summed E-state index contributed by atoms with van der Waals surface area (Å²) in [5.74, 6) is 0.00820. The highest BCUT2D eigenvalue weighted by Crippen LogP contribution is 2.26. The van der Waals surface area contributed by atoms with Crippen molar-refractivity contribution in [3.05, 3.63) is 59.9 Å². The molecule has 1 aromatic carbocycles. The predicted molar refractivity (Wildman–Crippen MR) is 56.4 cm³/mol. The van der Waals surface area contributed by atoms with Gasteiger partial charge in [-0.2, -0.15) is 0 Å². The summed E-state index contributed by atoms with van der Waals surface area (Å²) in [7, 11) is 0. The fraction of sp³-hybridized carbons (Fsp3) is 0.0833. The third kappa shape index (κ3) is 1.97. The molecule has 0 amide bonds. The lowest BCUT2D eigenvalue weighted by Crippen LogP contribution is -2.01. The highest BCUT2D eigenvalue weighted by atomic mass is 16.3. The van der Waals surface area contributed by atoms with Crippen LogP contribution in [0, 0.1) is 0 Å². The predicted octanol–water partition coefficient (Wildman–Crippen LogP) is 1.87. The summed E-state index contributed by atoms with van der Waals surface area (Å²) >= 11 is 0. The second kappa shape index (κ2) is 4.11. The van der Waals surface area contributed by atoms with Crippen LogP contribution < -0.4 is 0 Å². The van der Waals surface area contributed by atoms with Crippen LogP contribution in [0.1, 0.15) is 17.4 Å². The quantitative estimate of drug-likeness (QED) is 0.779. The molecule has 3 nitrogen and oxygen atoms in total. The molecule has 0 saturated carbocycles. The number of rotatable bonds is 2. The van der Waals surface area contributed by atoms with E-state index in [0.29, 0.717) is 5.56 Å². The Bertz CT molecular complexity index is 442. The van der Waals surface area contributed by atoms with Gasteiger partial charge in [0.05, 0.1) is 0 Å². The van der Waals surface area contributed by atoms with Gasteiger partial charge in [0.25, 0.3) is 0 Å². The molecule has 2 rings (SSSR count). The monoisotopic (exact) mass is 201 g/mol. The average molecular weight is 201 g/mol. The Hall–Kier alpha value is -1.87. The van der Waals surface area contributed by atoms with E-state index in [9.17, 15) is 10.2 Å². The number of aromatic hydroxyl groups is 1. The van der Waals surface area contributed by atoms with Crippen LogP contribution >= 0.6 is 0 Å². The standard InChI is InChI=1S/C12H11NO2/c14-10-7-4-8-13-11(10)12(15)9-5-2-1-3-6-9/h1-8,12,14-15H. The fourth-order valence-electron chi connectivity index (χ4n) is 1.41. The summed E-state index contributed by atoms with van der Waals surface area (Å²) in [4.78, 5) is 3.95. The highest BCUT2D eigenvalue weighted by Gasteiger charge is 2.14. The second-order valence-electron chi connectivity index (χ2n) is 3.22. The number of pyridine rings is 1. The van der Waals surface area contributed by atoms with E-state index in [0.717, 1.165) is 0 Å². The summed E-state index contributed by atoms with van der Waals surface area (Å²) in [5, 5.41) is 19.5. The van der Waals surface area contributed by atoms with Gasteiger partial charge in [-0.15, -0.1) is 0 Å². The van der Waals surface area contributed by atoms with Gasteiger partial charge in [-0.1, -0.05) is 30.3 Å². The molecule has 3 heteroatoms. The molecule has 0 aliphatic carbocycles. The van der Waals surface area contributed by atoms with Gasteiger partial charge in [-0.3, -0.25) is 4.98 Å². The van der Waals surface area contributed by atoms with Crippen molar-refractivity contribution in [1.29, 1.82) is 0 Å². The zero-order valence-corrected chi connectivity index (χ0v) is 8.04. The van der Waals surface area contributed by atoms with Crippen LogP contribution in [0.4, 0.5) is 0 Å². The normalized spacial score (nSPS) is 12.3. The van der Waals surface area contributed by atoms with Gasteiger partial charge in [-0.05, 0) is 17.7 Å². The van der Waals surface area contributed by atoms with Crippen molar-refractivity contribution < 1.29 is 10.2 Å². The van der Waals surface area contributed by atoms with Gasteiger partial charge in [-0.25, -0.2) is 0 Å². The summed E-state index contributed by atoms with van der Waals surface area (Å²) in [6.07, 6.45) is 0.661. The molecular weight excluding hydrogens is 190 g/mol. The minimum atomic E-state index is -0.882. The number of benzene rings is 1. The molecule has 76 valence electrons. The van der Waals surface area contributed by atoms with Crippen LogP contribution in [0.15, 0.2) is 48.7 Å². The summed E-state index contributed by atoms with van der Waals surface area (Å²) in [6.45, 7) is 0. The lowest BCUT2D eigenvalue weighted by Gasteiger charge is -2.11. The molecule has 0 spiro atoms. The number of aliphatic hydroxyl groups excluding tert-OH is 1. The third-order valence-corrected chi connectivity index (χ3v) is 2.19. The van der Waals surface area contributed by atoms with Gasteiger partial charge < -0.3 is 10.2 Å². The first-order valence-corrected chi connectivity index (χ1v) is 4.66. The molecule has 0 aliphatic rings. The first kappa shape index (κ1) is 9.68. The number of aliphatic hydroxyl groups is 1. The van der Waals surface area contributed by atoms with Gasteiger partial charge in [0.15, 0.2) is 0 Å². The SMILES string of the molecule is Oc1cccnc1C(O)c1ccccc1. The van der Waals surface area contributed by atoms with Crippen molar-refractivity contribution in [2.24, 2.45) is 0 Å². The molecule has 0 radical (unpaired) electrons. The van der Waals surface area contributed by atoms with Crippen LogP contribution in [0.25, 0.3) is 0 Å². The number of nitrogens with zero attached hydrogens (tertiary/aromatic N) is 1. The lowest BCUT2D eigenvalue weighted by atomic mass is 10.1. The third-order valence-electron chi connectivity index (χ3n) is 2.19. The fourth-order valence-corrected chi connectivity index (χ4v) is 1.41. The van der Waals surface area contributed by atoms with Gasteiger partial charge in [0, 0.05) is 6.20 Å². The van der Waals surface area contributed by atoms with E-state index >= 15 is 0 Å². The zero-order valence-electron chi connectivity index (χ0n) is 8.04. The summed E-state index contributed by atoms with van der Waals surface area (Å²) in [6, 6.07) is 12.2. The van der Waals surface area contributed by atoms with E-state index < -0.39 is 6.10 Å². The molecule has 2 N–H and O–H groups in total. The summed E-state index contributed by atoms with van der Waals surface area (Å²) in [5.41, 5.74) is 0.996. The molecule has 1 unspecified atom stereocenters.